The van der Waals surface area contributed by atoms with Crippen molar-refractivity contribution in [2.24, 2.45) is 0 Å². The molecule has 2 N–H and O–H groups in total. The number of benzene rings is 2. The maximum absolute atomic E-state index is 13.3. The standard InChI is InChI=1S/C23H24FN3O3/c24-18-8-6-17(7-9-18)21(28)19-20(16-4-2-1-3-5-16)27(23(30)22(19)29)15-14-26-12-10-25-11-13-26/h1-9,20,25,28H,10-15H2/b21-19+. The average molecular weight is 409 g/mol. The van der Waals surface area contributed by atoms with Crippen molar-refractivity contribution in [2.45, 2.75) is 6.04 Å². The average Bonchev–Trinajstić information content (AvgIpc) is 3.04. The molecular formula is C23H24FN3O3. The van der Waals surface area contributed by atoms with E-state index in [-0.39, 0.29) is 11.3 Å². The van der Waals surface area contributed by atoms with Crippen LogP contribution in [0.4, 0.5) is 4.39 Å². The predicted molar refractivity (Wildman–Crippen MR) is 111 cm³/mol. The molecule has 2 aromatic rings. The third-order valence-corrected chi connectivity index (χ3v) is 5.64. The molecule has 2 aliphatic rings. The third kappa shape index (κ3) is 3.99. The first-order valence-electron chi connectivity index (χ1n) is 10.1. The molecule has 0 bridgehead atoms. The van der Waals surface area contributed by atoms with Crippen molar-refractivity contribution in [1.82, 2.24) is 15.1 Å². The molecule has 1 unspecified atom stereocenters. The quantitative estimate of drug-likeness (QED) is 0.450. The van der Waals surface area contributed by atoms with Crippen LogP contribution in [0.2, 0.25) is 0 Å². The first kappa shape index (κ1) is 20.3. The molecule has 0 spiro atoms. The van der Waals surface area contributed by atoms with Gasteiger partial charge in [0.1, 0.15) is 11.6 Å². The Bertz CT molecular complexity index is 953. The summed E-state index contributed by atoms with van der Waals surface area (Å²) in [6, 6.07) is 13.8. The Kier molecular flexibility index (Phi) is 5.92. The van der Waals surface area contributed by atoms with Gasteiger partial charge >= 0.3 is 0 Å². The second-order valence-electron chi connectivity index (χ2n) is 7.50. The van der Waals surface area contributed by atoms with E-state index >= 15 is 0 Å². The van der Waals surface area contributed by atoms with Gasteiger partial charge in [0.2, 0.25) is 0 Å². The molecule has 30 heavy (non-hydrogen) atoms. The fourth-order valence-corrected chi connectivity index (χ4v) is 4.04. The van der Waals surface area contributed by atoms with E-state index < -0.39 is 23.5 Å². The summed E-state index contributed by atoms with van der Waals surface area (Å²) in [4.78, 5) is 29.6. The number of likely N-dealkylation sites (tertiary alicyclic amines) is 1. The van der Waals surface area contributed by atoms with E-state index in [4.69, 9.17) is 0 Å². The number of halogens is 1. The van der Waals surface area contributed by atoms with Gasteiger partial charge in [-0.25, -0.2) is 4.39 Å². The largest absolute Gasteiger partial charge is 0.507 e. The van der Waals surface area contributed by atoms with Crippen molar-refractivity contribution in [1.29, 1.82) is 0 Å². The molecule has 1 atom stereocenters. The topological polar surface area (TPSA) is 72.9 Å². The van der Waals surface area contributed by atoms with Gasteiger partial charge in [-0.2, -0.15) is 0 Å². The van der Waals surface area contributed by atoms with E-state index in [0.717, 1.165) is 31.7 Å². The fourth-order valence-electron chi connectivity index (χ4n) is 4.04. The molecule has 2 heterocycles. The molecule has 2 aliphatic heterocycles. The lowest BCUT2D eigenvalue weighted by molar-refractivity contribution is -0.140. The summed E-state index contributed by atoms with van der Waals surface area (Å²) in [6.07, 6.45) is 0. The third-order valence-electron chi connectivity index (χ3n) is 5.64. The minimum absolute atomic E-state index is 0.0399. The van der Waals surface area contributed by atoms with E-state index in [2.05, 4.69) is 10.2 Å². The van der Waals surface area contributed by atoms with Crippen molar-refractivity contribution in [2.75, 3.05) is 39.3 Å². The van der Waals surface area contributed by atoms with Crippen LogP contribution in [0.25, 0.3) is 5.76 Å². The maximum Gasteiger partial charge on any atom is 0.295 e. The van der Waals surface area contributed by atoms with Gasteiger partial charge in [0.05, 0.1) is 11.6 Å². The Morgan fingerprint density at radius 3 is 2.33 bits per heavy atom. The highest BCUT2D eigenvalue weighted by molar-refractivity contribution is 6.46. The van der Waals surface area contributed by atoms with Gasteiger partial charge in [-0.3, -0.25) is 14.5 Å². The number of carbonyl (C=O) groups is 2. The summed E-state index contributed by atoms with van der Waals surface area (Å²) in [5.74, 6) is -2.07. The van der Waals surface area contributed by atoms with E-state index in [1.165, 1.54) is 29.2 Å². The van der Waals surface area contributed by atoms with Gasteiger partial charge in [-0.15, -0.1) is 0 Å². The highest BCUT2D eigenvalue weighted by Crippen LogP contribution is 2.39. The number of amides is 1. The highest BCUT2D eigenvalue weighted by Gasteiger charge is 2.45. The zero-order valence-corrected chi connectivity index (χ0v) is 16.6. The van der Waals surface area contributed by atoms with Crippen LogP contribution in [0.1, 0.15) is 17.2 Å². The molecule has 2 fully saturated rings. The van der Waals surface area contributed by atoms with Crippen LogP contribution in [0.5, 0.6) is 0 Å². The zero-order valence-electron chi connectivity index (χ0n) is 16.6. The molecule has 2 saturated heterocycles. The number of hydrogen-bond acceptors (Lipinski definition) is 5. The van der Waals surface area contributed by atoms with Crippen molar-refractivity contribution in [3.8, 4) is 0 Å². The second kappa shape index (κ2) is 8.77. The minimum Gasteiger partial charge on any atom is -0.507 e. The summed E-state index contributed by atoms with van der Waals surface area (Å²) in [5.41, 5.74) is 1.09. The first-order chi connectivity index (χ1) is 14.6. The fraction of sp³-hybridized carbons (Fsp3) is 0.304. The lowest BCUT2D eigenvalue weighted by atomic mass is 9.95. The molecule has 4 rings (SSSR count). The van der Waals surface area contributed by atoms with Crippen LogP contribution in [0.15, 0.2) is 60.2 Å². The Morgan fingerprint density at radius 1 is 1.00 bits per heavy atom. The molecular weight excluding hydrogens is 385 g/mol. The summed E-state index contributed by atoms with van der Waals surface area (Å²) < 4.78 is 13.3. The molecule has 0 aromatic heterocycles. The van der Waals surface area contributed by atoms with Crippen molar-refractivity contribution >= 4 is 17.4 Å². The maximum atomic E-state index is 13.3. The normalized spacial score (nSPS) is 21.9. The minimum atomic E-state index is -0.717. The molecule has 156 valence electrons. The van der Waals surface area contributed by atoms with Crippen LogP contribution < -0.4 is 5.32 Å². The Morgan fingerprint density at radius 2 is 1.67 bits per heavy atom. The highest BCUT2D eigenvalue weighted by atomic mass is 19.1. The SMILES string of the molecule is O=C1C(=O)N(CCN2CCNCC2)C(c2ccccc2)/C1=C(\O)c1ccc(F)cc1. The van der Waals surface area contributed by atoms with Gasteiger partial charge in [-0.1, -0.05) is 30.3 Å². The van der Waals surface area contributed by atoms with Crippen LogP contribution in [0.3, 0.4) is 0 Å². The van der Waals surface area contributed by atoms with E-state index in [9.17, 15) is 19.1 Å². The Balaban J connectivity index is 1.71. The summed E-state index contributed by atoms with van der Waals surface area (Å²) in [5, 5.41) is 14.2. The van der Waals surface area contributed by atoms with Gasteiger partial charge < -0.3 is 15.3 Å². The van der Waals surface area contributed by atoms with E-state index in [1.807, 2.05) is 30.3 Å². The predicted octanol–water partition coefficient (Wildman–Crippen LogP) is 2.15. The van der Waals surface area contributed by atoms with Crippen molar-refractivity contribution < 1.29 is 19.1 Å². The lowest BCUT2D eigenvalue weighted by Crippen LogP contribution is -2.46. The van der Waals surface area contributed by atoms with Crippen LogP contribution in [-0.4, -0.2) is 65.9 Å². The Labute approximate surface area is 174 Å². The second-order valence-corrected chi connectivity index (χ2v) is 7.50. The van der Waals surface area contributed by atoms with Gasteiger partial charge in [0.15, 0.2) is 0 Å². The monoisotopic (exact) mass is 409 g/mol. The summed E-state index contributed by atoms with van der Waals surface area (Å²) >= 11 is 0. The molecule has 2 aromatic carbocycles. The van der Waals surface area contributed by atoms with Crippen molar-refractivity contribution in [3.05, 3.63) is 77.1 Å². The smallest absolute Gasteiger partial charge is 0.295 e. The van der Waals surface area contributed by atoms with Crippen LogP contribution >= 0.6 is 0 Å². The number of nitrogens with one attached hydrogen (secondary N) is 1. The number of nitrogens with zero attached hydrogens (tertiary/aromatic N) is 2. The van der Waals surface area contributed by atoms with Crippen molar-refractivity contribution in [3.63, 3.8) is 0 Å². The summed E-state index contributed by atoms with van der Waals surface area (Å²) in [6.45, 7) is 4.58. The van der Waals surface area contributed by atoms with Crippen LogP contribution in [-0.2, 0) is 9.59 Å². The number of hydrogen-bond donors (Lipinski definition) is 2. The number of Topliss-reactive ketones (excluding diaryl/α,β-unsaturated/α-hetero) is 1. The van der Waals surface area contributed by atoms with Crippen LogP contribution in [0, 0.1) is 5.82 Å². The lowest BCUT2D eigenvalue weighted by Gasteiger charge is -2.31. The molecule has 0 radical (unpaired) electrons. The number of ketones is 1. The summed E-state index contributed by atoms with van der Waals surface area (Å²) in [7, 11) is 0. The first-order valence-corrected chi connectivity index (χ1v) is 10.1. The van der Waals surface area contributed by atoms with Gasteiger partial charge in [-0.05, 0) is 29.8 Å². The number of carbonyl (C=O) groups excluding carboxylic acids is 2. The number of piperazine rings is 1. The molecule has 0 saturated carbocycles. The Hall–Kier alpha value is -3.03. The molecule has 6 nitrogen and oxygen atoms in total. The van der Waals surface area contributed by atoms with E-state index in [0.29, 0.717) is 18.7 Å². The molecule has 0 aliphatic carbocycles. The zero-order chi connectivity index (χ0) is 21.1. The number of aliphatic hydroxyl groups excluding tert-OH is 1. The van der Waals surface area contributed by atoms with Gasteiger partial charge in [0.25, 0.3) is 11.7 Å². The number of rotatable bonds is 5. The van der Waals surface area contributed by atoms with E-state index in [1.54, 1.807) is 0 Å². The molecule has 7 heteroatoms. The molecule has 1 amide bonds. The number of aliphatic hydroxyl groups is 1. The van der Waals surface area contributed by atoms with Gasteiger partial charge in [0, 0.05) is 44.8 Å².